The van der Waals surface area contributed by atoms with E-state index in [0.717, 1.165) is 0 Å². The van der Waals surface area contributed by atoms with E-state index >= 15 is 0 Å². The van der Waals surface area contributed by atoms with E-state index in [2.05, 4.69) is 19.9 Å². The van der Waals surface area contributed by atoms with Crippen LogP contribution < -0.4 is 0 Å². The first-order valence-electron chi connectivity index (χ1n) is 3.42. The van der Waals surface area contributed by atoms with Crippen LogP contribution in [-0.4, -0.2) is 28.3 Å². The van der Waals surface area contributed by atoms with Crippen molar-refractivity contribution in [2.24, 2.45) is 0 Å². The van der Waals surface area contributed by atoms with Gasteiger partial charge in [-0.2, -0.15) is 0 Å². The van der Waals surface area contributed by atoms with Gasteiger partial charge in [0.05, 0.1) is 13.5 Å². The third-order valence-corrected chi connectivity index (χ3v) is 1.54. The van der Waals surface area contributed by atoms with Crippen molar-refractivity contribution in [2.75, 3.05) is 7.11 Å². The average molecular weight is 187 g/mol. The summed E-state index contributed by atoms with van der Waals surface area (Å²) >= 11 is 4.73. The third-order valence-electron chi connectivity index (χ3n) is 1.34. The molecule has 0 fully saturated rings. The number of methoxy groups -OCH3 is 1. The molecule has 1 heterocycles. The first-order chi connectivity index (χ1) is 5.72. The lowest BCUT2D eigenvalue weighted by Gasteiger charge is -1.94. The standard InChI is InChI=1S/C6H9N3O2S/c1-11-5(10)3-2-4-7-6(12)9-8-4/h2-3H2,1H3,(H2,7,8,9,12). The summed E-state index contributed by atoms with van der Waals surface area (Å²) in [5, 5.41) is 5.37. The minimum absolute atomic E-state index is 0.252. The summed E-state index contributed by atoms with van der Waals surface area (Å²) in [6.45, 7) is 0. The molecule has 0 unspecified atom stereocenters. The van der Waals surface area contributed by atoms with E-state index in [1.807, 2.05) is 0 Å². The van der Waals surface area contributed by atoms with Crippen LogP contribution in [0.2, 0.25) is 0 Å². The maximum absolute atomic E-state index is 10.7. The van der Waals surface area contributed by atoms with Gasteiger partial charge < -0.3 is 4.74 Å². The highest BCUT2D eigenvalue weighted by Crippen LogP contribution is 1.95. The molecule has 0 spiro atoms. The fourth-order valence-electron chi connectivity index (χ4n) is 0.745. The maximum atomic E-state index is 10.7. The first kappa shape index (κ1) is 8.92. The maximum Gasteiger partial charge on any atom is 0.305 e. The Morgan fingerprint density at radius 2 is 2.42 bits per heavy atom. The number of aryl methyl sites for hydroxylation is 1. The molecule has 0 bridgehead atoms. The van der Waals surface area contributed by atoms with Crippen LogP contribution in [0.25, 0.3) is 0 Å². The summed E-state index contributed by atoms with van der Waals surface area (Å²) < 4.78 is 4.86. The van der Waals surface area contributed by atoms with Crippen LogP contribution in [0.4, 0.5) is 0 Å². The van der Waals surface area contributed by atoms with Gasteiger partial charge in [0, 0.05) is 6.42 Å². The molecule has 2 N–H and O–H groups in total. The second-order valence-corrected chi connectivity index (χ2v) is 2.58. The minimum atomic E-state index is -0.252. The second-order valence-electron chi connectivity index (χ2n) is 2.19. The molecule has 0 aromatic carbocycles. The van der Waals surface area contributed by atoms with E-state index in [0.29, 0.717) is 23.4 Å². The molecular weight excluding hydrogens is 178 g/mol. The van der Waals surface area contributed by atoms with Crippen LogP contribution in [0.15, 0.2) is 0 Å². The number of carbonyl (C=O) groups is 1. The molecule has 0 atom stereocenters. The van der Waals surface area contributed by atoms with Gasteiger partial charge in [0.1, 0.15) is 5.82 Å². The molecule has 0 aliphatic heterocycles. The third kappa shape index (κ3) is 2.46. The molecule has 0 amide bonds. The summed E-state index contributed by atoms with van der Waals surface area (Å²) in [7, 11) is 1.36. The Labute approximate surface area is 74.1 Å². The van der Waals surface area contributed by atoms with Crippen molar-refractivity contribution in [3.63, 3.8) is 0 Å². The number of nitrogens with one attached hydrogen (secondary N) is 2. The van der Waals surface area contributed by atoms with Gasteiger partial charge in [-0.1, -0.05) is 0 Å². The highest BCUT2D eigenvalue weighted by Gasteiger charge is 2.02. The summed E-state index contributed by atoms with van der Waals surface area (Å²) in [4.78, 5) is 14.6. The van der Waals surface area contributed by atoms with Crippen LogP contribution in [0.5, 0.6) is 0 Å². The van der Waals surface area contributed by atoms with Crippen molar-refractivity contribution < 1.29 is 9.53 Å². The van der Waals surface area contributed by atoms with Crippen LogP contribution in [0, 0.1) is 4.77 Å². The number of esters is 1. The number of hydrogen-bond acceptors (Lipinski definition) is 4. The zero-order valence-electron chi connectivity index (χ0n) is 6.59. The summed E-state index contributed by atoms with van der Waals surface area (Å²) in [6, 6.07) is 0. The Morgan fingerprint density at radius 1 is 1.67 bits per heavy atom. The number of H-pyrrole nitrogens is 2. The fourth-order valence-corrected chi connectivity index (χ4v) is 0.906. The van der Waals surface area contributed by atoms with Crippen LogP contribution in [0.3, 0.4) is 0 Å². The molecule has 6 heteroatoms. The second kappa shape index (κ2) is 4.01. The Morgan fingerprint density at radius 3 is 2.92 bits per heavy atom. The quantitative estimate of drug-likeness (QED) is 0.536. The van der Waals surface area contributed by atoms with Gasteiger partial charge in [-0.15, -0.1) is 0 Å². The summed E-state index contributed by atoms with van der Waals surface area (Å²) in [6.07, 6.45) is 0.826. The number of aromatic amines is 2. The van der Waals surface area contributed by atoms with Gasteiger partial charge in [0.15, 0.2) is 0 Å². The highest BCUT2D eigenvalue weighted by atomic mass is 32.1. The molecule has 0 saturated heterocycles. The zero-order chi connectivity index (χ0) is 8.97. The number of carbonyl (C=O) groups excluding carboxylic acids is 1. The van der Waals surface area contributed by atoms with E-state index in [4.69, 9.17) is 12.2 Å². The molecule has 1 aromatic rings. The van der Waals surface area contributed by atoms with Gasteiger partial charge in [-0.05, 0) is 12.2 Å². The molecule has 1 rings (SSSR count). The van der Waals surface area contributed by atoms with Gasteiger partial charge in [-0.3, -0.25) is 15.0 Å². The van der Waals surface area contributed by atoms with Crippen molar-refractivity contribution >= 4 is 18.2 Å². The largest absolute Gasteiger partial charge is 0.469 e. The SMILES string of the molecule is COC(=O)CCc1nc(=S)[nH][nH]1. The van der Waals surface area contributed by atoms with Crippen molar-refractivity contribution in [3.8, 4) is 0 Å². The Balaban J connectivity index is 2.43. The number of hydrogen-bond donors (Lipinski definition) is 2. The molecule has 5 nitrogen and oxygen atoms in total. The molecule has 12 heavy (non-hydrogen) atoms. The highest BCUT2D eigenvalue weighted by molar-refractivity contribution is 7.71. The van der Waals surface area contributed by atoms with Gasteiger partial charge in [0.2, 0.25) is 4.77 Å². The summed E-state index contributed by atoms with van der Waals surface area (Å²) in [5.74, 6) is 0.419. The van der Waals surface area contributed by atoms with Gasteiger partial charge in [-0.25, -0.2) is 4.98 Å². The summed E-state index contributed by atoms with van der Waals surface area (Å²) in [5.41, 5.74) is 0. The van der Waals surface area contributed by atoms with Crippen molar-refractivity contribution in [1.29, 1.82) is 0 Å². The topological polar surface area (TPSA) is 70.8 Å². The Kier molecular flexibility index (Phi) is 2.98. The van der Waals surface area contributed by atoms with Crippen molar-refractivity contribution in [3.05, 3.63) is 10.6 Å². The van der Waals surface area contributed by atoms with Crippen molar-refractivity contribution in [1.82, 2.24) is 15.2 Å². The number of nitrogens with zero attached hydrogens (tertiary/aromatic N) is 1. The molecule has 0 radical (unpaired) electrons. The van der Waals surface area contributed by atoms with Gasteiger partial charge in [0.25, 0.3) is 0 Å². The fraction of sp³-hybridized carbons (Fsp3) is 0.500. The number of ether oxygens (including phenoxy) is 1. The van der Waals surface area contributed by atoms with E-state index in [9.17, 15) is 4.79 Å². The lowest BCUT2D eigenvalue weighted by atomic mass is 10.3. The number of rotatable bonds is 3. The minimum Gasteiger partial charge on any atom is -0.469 e. The normalized spacial score (nSPS) is 9.75. The van der Waals surface area contributed by atoms with E-state index < -0.39 is 0 Å². The van der Waals surface area contributed by atoms with E-state index in [1.54, 1.807) is 0 Å². The predicted molar refractivity (Wildman–Crippen MR) is 44.1 cm³/mol. The van der Waals surface area contributed by atoms with Crippen LogP contribution in [-0.2, 0) is 16.0 Å². The lowest BCUT2D eigenvalue weighted by molar-refractivity contribution is -0.140. The Bertz CT molecular complexity index is 317. The van der Waals surface area contributed by atoms with E-state index in [-0.39, 0.29) is 5.97 Å². The average Bonchev–Trinajstić information content (AvgIpc) is 2.47. The smallest absolute Gasteiger partial charge is 0.305 e. The molecule has 1 aromatic heterocycles. The van der Waals surface area contributed by atoms with Crippen LogP contribution in [0.1, 0.15) is 12.2 Å². The lowest BCUT2D eigenvalue weighted by Crippen LogP contribution is -2.02. The Hall–Kier alpha value is -1.17. The first-order valence-corrected chi connectivity index (χ1v) is 3.83. The zero-order valence-corrected chi connectivity index (χ0v) is 7.40. The molecular formula is C6H9N3O2S. The predicted octanol–water partition coefficient (Wildman–Crippen LogP) is 0.573. The molecule has 0 aliphatic carbocycles. The molecule has 0 saturated carbocycles. The van der Waals surface area contributed by atoms with Crippen LogP contribution >= 0.6 is 12.2 Å². The molecule has 0 aliphatic rings. The van der Waals surface area contributed by atoms with Gasteiger partial charge >= 0.3 is 5.97 Å². The van der Waals surface area contributed by atoms with Crippen molar-refractivity contribution in [2.45, 2.75) is 12.8 Å². The van der Waals surface area contributed by atoms with E-state index in [1.165, 1.54) is 7.11 Å². The molecule has 66 valence electrons. The monoisotopic (exact) mass is 187 g/mol. The number of aromatic nitrogens is 3.